The van der Waals surface area contributed by atoms with E-state index in [4.69, 9.17) is 0 Å². The maximum Gasteiger partial charge on any atom is 0.251 e. The van der Waals surface area contributed by atoms with Crippen LogP contribution in [0.25, 0.3) is 11.4 Å². The highest BCUT2D eigenvalue weighted by molar-refractivity contribution is 5.56. The third-order valence-electron chi connectivity index (χ3n) is 5.14. The minimum absolute atomic E-state index is 0.1000. The molecule has 1 atom stereocenters. The minimum atomic E-state index is -0.1000. The van der Waals surface area contributed by atoms with Crippen LogP contribution in [0, 0.1) is 0 Å². The van der Waals surface area contributed by atoms with Crippen molar-refractivity contribution in [2.45, 2.75) is 38.8 Å². The predicted octanol–water partition coefficient (Wildman–Crippen LogP) is 3.73. The fourth-order valence-corrected chi connectivity index (χ4v) is 3.80. The maximum atomic E-state index is 11.9. The number of benzene rings is 1. The lowest BCUT2D eigenvalue weighted by molar-refractivity contribution is 0.244. The largest absolute Gasteiger partial charge is 0.307 e. The van der Waals surface area contributed by atoms with Crippen molar-refractivity contribution in [1.82, 2.24) is 19.9 Å². The van der Waals surface area contributed by atoms with Crippen LogP contribution in [-0.2, 0) is 13.0 Å². The predicted molar refractivity (Wildman–Crippen MR) is 106 cm³/mol. The average molecular weight is 360 g/mol. The summed E-state index contributed by atoms with van der Waals surface area (Å²) in [5.74, 6) is 0.642. The topological polar surface area (TPSA) is 61.9 Å². The Bertz CT molecular complexity index is 967. The quantitative estimate of drug-likeness (QED) is 0.753. The molecule has 0 spiro atoms. The molecule has 1 fully saturated rings. The lowest BCUT2D eigenvalue weighted by atomic mass is 10.1. The summed E-state index contributed by atoms with van der Waals surface area (Å²) in [7, 11) is 0. The Labute approximate surface area is 159 Å². The zero-order valence-electron chi connectivity index (χ0n) is 15.6. The fourth-order valence-electron chi connectivity index (χ4n) is 3.80. The average Bonchev–Trinajstić information content (AvgIpc) is 3.16. The molecule has 5 heteroatoms. The van der Waals surface area contributed by atoms with E-state index in [0.717, 1.165) is 42.9 Å². The zero-order valence-corrected chi connectivity index (χ0v) is 15.6. The van der Waals surface area contributed by atoms with E-state index in [0.29, 0.717) is 11.9 Å². The number of hydrogen-bond donors (Lipinski definition) is 1. The van der Waals surface area contributed by atoms with Gasteiger partial charge < -0.3 is 4.98 Å². The summed E-state index contributed by atoms with van der Waals surface area (Å²) in [6.45, 7) is 3.95. The molecule has 5 nitrogen and oxygen atoms in total. The van der Waals surface area contributed by atoms with Crippen molar-refractivity contribution in [2.24, 2.45) is 0 Å². The number of likely N-dealkylation sites (tertiary alicyclic amines) is 1. The number of aryl methyl sites for hydroxylation is 1. The van der Waals surface area contributed by atoms with Gasteiger partial charge in [0.1, 0.15) is 5.82 Å². The number of aromatic amines is 1. The van der Waals surface area contributed by atoms with E-state index >= 15 is 0 Å². The smallest absolute Gasteiger partial charge is 0.251 e. The normalized spacial score (nSPS) is 17.3. The molecule has 0 bridgehead atoms. The van der Waals surface area contributed by atoms with Crippen molar-refractivity contribution < 1.29 is 0 Å². The Morgan fingerprint density at radius 2 is 2.11 bits per heavy atom. The van der Waals surface area contributed by atoms with Gasteiger partial charge in [0.15, 0.2) is 0 Å². The van der Waals surface area contributed by atoms with Crippen molar-refractivity contribution in [3.8, 4) is 11.4 Å². The summed E-state index contributed by atoms with van der Waals surface area (Å²) in [6, 6.07) is 16.4. The van der Waals surface area contributed by atoms with Crippen molar-refractivity contribution in [2.75, 3.05) is 6.54 Å². The third-order valence-corrected chi connectivity index (χ3v) is 5.14. The molecule has 1 aliphatic heterocycles. The van der Waals surface area contributed by atoms with E-state index in [2.05, 4.69) is 44.1 Å². The lowest BCUT2D eigenvalue weighted by Gasteiger charge is -2.24. The Balaban J connectivity index is 1.58. The van der Waals surface area contributed by atoms with E-state index in [-0.39, 0.29) is 5.56 Å². The number of nitrogens with zero attached hydrogens (tertiary/aromatic N) is 3. The van der Waals surface area contributed by atoms with Crippen molar-refractivity contribution in [1.29, 1.82) is 0 Å². The first-order chi connectivity index (χ1) is 13.2. The van der Waals surface area contributed by atoms with Crippen LogP contribution in [0.1, 0.15) is 42.8 Å². The van der Waals surface area contributed by atoms with Crippen LogP contribution in [0.3, 0.4) is 0 Å². The van der Waals surface area contributed by atoms with Crippen LogP contribution in [0.15, 0.2) is 59.5 Å². The van der Waals surface area contributed by atoms with Crippen LogP contribution in [0.4, 0.5) is 0 Å². The molecule has 3 aromatic rings. The maximum absolute atomic E-state index is 11.9. The summed E-state index contributed by atoms with van der Waals surface area (Å²) in [5, 5.41) is 0. The van der Waals surface area contributed by atoms with Crippen molar-refractivity contribution in [3.05, 3.63) is 82.0 Å². The first-order valence-electron chi connectivity index (χ1n) is 9.57. The second kappa shape index (κ2) is 7.84. The highest BCUT2D eigenvalue weighted by Crippen LogP contribution is 2.32. The molecular formula is C22H24N4O. The van der Waals surface area contributed by atoms with Crippen LogP contribution in [-0.4, -0.2) is 26.4 Å². The zero-order chi connectivity index (χ0) is 18.6. The highest BCUT2D eigenvalue weighted by Gasteiger charge is 2.26. The molecule has 4 rings (SSSR count). The summed E-state index contributed by atoms with van der Waals surface area (Å²) in [6.07, 6.45) is 4.95. The number of hydrogen-bond acceptors (Lipinski definition) is 4. The van der Waals surface area contributed by atoms with Gasteiger partial charge in [0.25, 0.3) is 5.56 Å². The van der Waals surface area contributed by atoms with Gasteiger partial charge in [-0.2, -0.15) is 0 Å². The van der Waals surface area contributed by atoms with E-state index in [9.17, 15) is 4.79 Å². The molecule has 0 aliphatic carbocycles. The van der Waals surface area contributed by atoms with E-state index in [1.54, 1.807) is 6.07 Å². The molecule has 2 aromatic heterocycles. The molecule has 1 N–H and O–H groups in total. The molecule has 1 saturated heterocycles. The van der Waals surface area contributed by atoms with Gasteiger partial charge in [-0.25, -0.2) is 4.98 Å². The highest BCUT2D eigenvalue weighted by atomic mass is 16.1. The molecule has 138 valence electrons. The molecule has 0 unspecified atom stereocenters. The van der Waals surface area contributed by atoms with E-state index < -0.39 is 0 Å². The number of aromatic nitrogens is 3. The van der Waals surface area contributed by atoms with Gasteiger partial charge in [-0.1, -0.05) is 31.2 Å². The second-order valence-corrected chi connectivity index (χ2v) is 7.02. The van der Waals surface area contributed by atoms with E-state index in [1.807, 2.05) is 31.3 Å². The molecule has 1 aliphatic rings. The number of pyridine rings is 1. The second-order valence-electron chi connectivity index (χ2n) is 7.02. The number of nitrogens with one attached hydrogen (secondary N) is 1. The van der Waals surface area contributed by atoms with Gasteiger partial charge in [0.2, 0.25) is 0 Å². The third kappa shape index (κ3) is 3.98. The van der Waals surface area contributed by atoms with Gasteiger partial charge in [-0.05, 0) is 49.6 Å². The number of H-pyrrole nitrogens is 1. The molecular weight excluding hydrogens is 336 g/mol. The monoisotopic (exact) mass is 360 g/mol. The van der Waals surface area contributed by atoms with Crippen LogP contribution >= 0.6 is 0 Å². The Hall–Kier alpha value is -2.79. The van der Waals surface area contributed by atoms with Gasteiger partial charge in [0, 0.05) is 30.1 Å². The van der Waals surface area contributed by atoms with Crippen LogP contribution < -0.4 is 5.56 Å². The van der Waals surface area contributed by atoms with Gasteiger partial charge >= 0.3 is 0 Å². The minimum Gasteiger partial charge on any atom is -0.307 e. The number of rotatable bonds is 5. The standard InChI is InChI=1S/C22H24N4O/c1-2-18-14-21(27)25-22(24-18)17-8-5-7-16(13-17)15-26-12-6-10-20(26)19-9-3-4-11-23-19/h3-5,7-9,11,13-14,20H,2,6,10,12,15H2,1H3,(H,24,25,27)/t20-/m1/s1. The van der Waals surface area contributed by atoms with Gasteiger partial charge in [-0.15, -0.1) is 0 Å². The van der Waals surface area contributed by atoms with Crippen LogP contribution in [0.2, 0.25) is 0 Å². The first kappa shape index (κ1) is 17.6. The van der Waals surface area contributed by atoms with Crippen LogP contribution in [0.5, 0.6) is 0 Å². The summed E-state index contributed by atoms with van der Waals surface area (Å²) in [4.78, 5) is 26.4. The Morgan fingerprint density at radius 3 is 2.93 bits per heavy atom. The lowest BCUT2D eigenvalue weighted by Crippen LogP contribution is -2.23. The molecule has 1 aromatic carbocycles. The molecule has 0 radical (unpaired) electrons. The molecule has 27 heavy (non-hydrogen) atoms. The summed E-state index contributed by atoms with van der Waals surface area (Å²) in [5.41, 5.74) is 4.03. The molecule has 0 amide bonds. The molecule has 3 heterocycles. The Kier molecular flexibility index (Phi) is 5.12. The van der Waals surface area contributed by atoms with Gasteiger partial charge in [0.05, 0.1) is 11.7 Å². The Morgan fingerprint density at radius 1 is 1.19 bits per heavy atom. The van der Waals surface area contributed by atoms with Crippen molar-refractivity contribution in [3.63, 3.8) is 0 Å². The SMILES string of the molecule is CCc1cc(=O)[nH]c(-c2cccc(CN3CCC[C@@H]3c3ccccn3)c2)n1. The summed E-state index contributed by atoms with van der Waals surface area (Å²) < 4.78 is 0. The molecule has 0 saturated carbocycles. The van der Waals surface area contributed by atoms with Crippen molar-refractivity contribution >= 4 is 0 Å². The first-order valence-corrected chi connectivity index (χ1v) is 9.57. The van der Waals surface area contributed by atoms with E-state index in [1.165, 1.54) is 12.0 Å². The fraction of sp³-hybridized carbons (Fsp3) is 0.318. The van der Waals surface area contributed by atoms with Gasteiger partial charge in [-0.3, -0.25) is 14.7 Å². The summed E-state index contributed by atoms with van der Waals surface area (Å²) >= 11 is 0.